The number of amides is 1. The molecule has 1 heterocycles. The lowest BCUT2D eigenvalue weighted by molar-refractivity contribution is -0.571. The van der Waals surface area contributed by atoms with Gasteiger partial charge in [-0.05, 0) is 53.1 Å². The third-order valence-electron chi connectivity index (χ3n) is 5.31. The number of halogens is 5. The Bertz CT molecular complexity index is 1320. The Balaban J connectivity index is 1.45. The molecule has 0 aliphatic carbocycles. The molecule has 4 aromatic rings. The Morgan fingerprint density at radius 2 is 1.44 bits per heavy atom. The number of pyridine rings is 1. The molecule has 172 valence electrons. The Morgan fingerprint density at radius 1 is 0.824 bits per heavy atom. The van der Waals surface area contributed by atoms with Gasteiger partial charge in [-0.3, -0.25) is 10.3 Å². The van der Waals surface area contributed by atoms with Crippen molar-refractivity contribution in [2.24, 2.45) is 0 Å². The number of alkyl halides is 3. The van der Waals surface area contributed by atoms with Crippen LogP contribution in [0.1, 0.15) is 21.5 Å². The lowest BCUT2D eigenvalue weighted by atomic mass is 10.0. The van der Waals surface area contributed by atoms with Crippen molar-refractivity contribution in [3.63, 3.8) is 0 Å². The van der Waals surface area contributed by atoms with E-state index in [2.05, 4.69) is 4.98 Å². The van der Waals surface area contributed by atoms with Crippen LogP contribution in [-0.2, 0) is 12.7 Å². The summed E-state index contributed by atoms with van der Waals surface area (Å²) in [6.07, 6.45) is -1.52. The fraction of sp³-hybridized carbons (Fsp3) is 0.0769. The molecule has 0 saturated heterocycles. The number of nitrogens with two attached hydrogens (primary N) is 1. The van der Waals surface area contributed by atoms with Crippen LogP contribution in [0, 0.1) is 5.82 Å². The van der Waals surface area contributed by atoms with E-state index in [4.69, 9.17) is 11.6 Å². The molecule has 3 nitrogen and oxygen atoms in total. The highest BCUT2D eigenvalue weighted by Gasteiger charge is 2.30. The first kappa shape index (κ1) is 23.6. The number of hydrogen-bond donors (Lipinski definition) is 1. The molecule has 2 N–H and O–H groups in total. The highest BCUT2D eigenvalue weighted by molar-refractivity contribution is 6.31. The van der Waals surface area contributed by atoms with E-state index in [1.807, 2.05) is 12.1 Å². The molecule has 1 aromatic heterocycles. The molecule has 0 spiro atoms. The fourth-order valence-corrected chi connectivity index (χ4v) is 3.70. The van der Waals surface area contributed by atoms with Crippen LogP contribution < -0.4 is 5.32 Å². The van der Waals surface area contributed by atoms with Gasteiger partial charge < -0.3 is 0 Å². The molecule has 0 radical (unpaired) electrons. The van der Waals surface area contributed by atoms with Crippen molar-refractivity contribution in [2.75, 3.05) is 0 Å². The molecule has 1 amide bonds. The maximum absolute atomic E-state index is 13.1. The molecule has 0 atom stereocenters. The molecule has 8 heteroatoms. The highest BCUT2D eigenvalue weighted by Crippen LogP contribution is 2.31. The van der Waals surface area contributed by atoms with Crippen LogP contribution in [0.3, 0.4) is 0 Å². The summed E-state index contributed by atoms with van der Waals surface area (Å²) in [6.45, 7) is 0.284. The van der Waals surface area contributed by atoms with E-state index < -0.39 is 11.7 Å². The van der Waals surface area contributed by atoms with E-state index in [9.17, 15) is 22.4 Å². The molecule has 34 heavy (non-hydrogen) atoms. The Hall–Kier alpha value is -3.55. The minimum absolute atomic E-state index is 0.278. The third-order valence-corrected chi connectivity index (χ3v) is 5.66. The Kier molecular flexibility index (Phi) is 6.77. The second-order valence-electron chi connectivity index (χ2n) is 7.62. The smallest absolute Gasteiger partial charge is 0.275 e. The van der Waals surface area contributed by atoms with E-state index in [0.717, 1.165) is 28.8 Å². The number of quaternary nitrogens is 1. The zero-order chi connectivity index (χ0) is 24.3. The SMILES string of the molecule is O=C([NH2+]Cc1ccc(-c2ccc(F)cc2)cc1Cl)c1cncc(-c2ccc(C(F)(F)F)cc2)c1. The summed E-state index contributed by atoms with van der Waals surface area (Å²) in [5.41, 5.74) is 3.02. The van der Waals surface area contributed by atoms with Crippen LogP contribution in [0.25, 0.3) is 22.3 Å². The number of aromatic nitrogens is 1. The first-order valence-corrected chi connectivity index (χ1v) is 10.6. The number of rotatable bonds is 5. The van der Waals surface area contributed by atoms with Crippen molar-refractivity contribution in [1.29, 1.82) is 0 Å². The van der Waals surface area contributed by atoms with Gasteiger partial charge in [-0.25, -0.2) is 9.18 Å². The van der Waals surface area contributed by atoms with Crippen LogP contribution in [-0.4, -0.2) is 10.9 Å². The number of benzene rings is 3. The van der Waals surface area contributed by atoms with Gasteiger partial charge in [0.1, 0.15) is 12.4 Å². The predicted molar refractivity (Wildman–Crippen MR) is 121 cm³/mol. The Morgan fingerprint density at radius 3 is 2.09 bits per heavy atom. The summed E-state index contributed by atoms with van der Waals surface area (Å²) in [7, 11) is 0. The topological polar surface area (TPSA) is 46.6 Å². The molecule has 0 saturated carbocycles. The first-order valence-electron chi connectivity index (χ1n) is 10.3. The summed E-state index contributed by atoms with van der Waals surface area (Å²) in [5.74, 6) is -0.601. The lowest BCUT2D eigenvalue weighted by Gasteiger charge is -2.08. The quantitative estimate of drug-likeness (QED) is 0.346. The summed E-state index contributed by atoms with van der Waals surface area (Å²) in [5, 5.41) is 1.95. The van der Waals surface area contributed by atoms with Crippen molar-refractivity contribution < 1.29 is 27.7 Å². The van der Waals surface area contributed by atoms with E-state index in [0.29, 0.717) is 21.7 Å². The van der Waals surface area contributed by atoms with Crippen LogP contribution >= 0.6 is 11.6 Å². The van der Waals surface area contributed by atoms with Gasteiger partial charge >= 0.3 is 12.1 Å². The standard InChI is InChI=1S/C26H17ClF4N2O/c27-24-12-18(16-5-9-23(28)10-6-16)1-2-19(24)15-33-25(34)21-11-20(13-32-14-21)17-3-7-22(8-4-17)26(29,30)31/h1-14H,15H2,(H,33,34)/p+1. The molecular formula is C26H18ClF4N2O+. The maximum Gasteiger partial charge on any atom is 0.416 e. The average molecular weight is 486 g/mol. The highest BCUT2D eigenvalue weighted by atomic mass is 35.5. The molecule has 3 aromatic carbocycles. The van der Waals surface area contributed by atoms with Gasteiger partial charge in [0.05, 0.1) is 16.1 Å². The second kappa shape index (κ2) is 9.75. The van der Waals surface area contributed by atoms with Crippen molar-refractivity contribution >= 4 is 17.5 Å². The van der Waals surface area contributed by atoms with E-state index >= 15 is 0 Å². The first-order chi connectivity index (χ1) is 16.2. The summed E-state index contributed by atoms with van der Waals surface area (Å²) in [6, 6.07) is 17.7. The summed E-state index contributed by atoms with van der Waals surface area (Å²) in [4.78, 5) is 16.8. The third kappa shape index (κ3) is 5.50. The van der Waals surface area contributed by atoms with Crippen molar-refractivity contribution in [1.82, 2.24) is 4.98 Å². The van der Waals surface area contributed by atoms with Gasteiger partial charge in [-0.1, -0.05) is 48.0 Å². The molecule has 0 fully saturated rings. The fourth-order valence-electron chi connectivity index (χ4n) is 3.44. The monoisotopic (exact) mass is 485 g/mol. The average Bonchev–Trinajstić information content (AvgIpc) is 2.83. The largest absolute Gasteiger partial charge is 0.416 e. The zero-order valence-corrected chi connectivity index (χ0v) is 18.4. The number of nitrogens with zero attached hydrogens (tertiary/aromatic N) is 1. The van der Waals surface area contributed by atoms with E-state index in [-0.39, 0.29) is 18.3 Å². The predicted octanol–water partition coefficient (Wildman–Crippen LogP) is 6.13. The molecular weight excluding hydrogens is 468 g/mol. The van der Waals surface area contributed by atoms with Crippen molar-refractivity contribution in [3.05, 3.63) is 113 Å². The molecule has 0 bridgehead atoms. The second-order valence-corrected chi connectivity index (χ2v) is 8.03. The molecule has 0 aliphatic rings. The van der Waals surface area contributed by atoms with Crippen molar-refractivity contribution in [2.45, 2.75) is 12.7 Å². The van der Waals surface area contributed by atoms with Crippen LogP contribution in [0.4, 0.5) is 17.6 Å². The minimum Gasteiger partial charge on any atom is -0.275 e. The van der Waals surface area contributed by atoms with Gasteiger partial charge in [0, 0.05) is 23.5 Å². The van der Waals surface area contributed by atoms with Crippen LogP contribution in [0.15, 0.2) is 85.2 Å². The maximum atomic E-state index is 13.1. The normalized spacial score (nSPS) is 11.4. The van der Waals surface area contributed by atoms with E-state index in [1.165, 1.54) is 42.0 Å². The van der Waals surface area contributed by atoms with Gasteiger partial charge in [-0.15, -0.1) is 0 Å². The Labute approximate surface area is 198 Å². The van der Waals surface area contributed by atoms with Crippen LogP contribution in [0.2, 0.25) is 5.02 Å². The molecule has 4 rings (SSSR count). The summed E-state index contributed by atoms with van der Waals surface area (Å²) < 4.78 is 51.5. The summed E-state index contributed by atoms with van der Waals surface area (Å²) >= 11 is 6.39. The molecule has 0 aliphatic heterocycles. The van der Waals surface area contributed by atoms with Gasteiger partial charge in [0.15, 0.2) is 0 Å². The number of hydrogen-bond acceptors (Lipinski definition) is 2. The van der Waals surface area contributed by atoms with Gasteiger partial charge in [0.25, 0.3) is 0 Å². The van der Waals surface area contributed by atoms with Gasteiger partial charge in [0.2, 0.25) is 0 Å². The van der Waals surface area contributed by atoms with E-state index in [1.54, 1.807) is 24.3 Å². The van der Waals surface area contributed by atoms with Gasteiger partial charge in [-0.2, -0.15) is 13.2 Å². The number of carbonyl (C=O) groups excluding carboxylic acids is 1. The van der Waals surface area contributed by atoms with Crippen molar-refractivity contribution in [3.8, 4) is 22.3 Å². The number of carbonyl (C=O) groups is 1. The number of primary amides is 1. The molecule has 0 unspecified atom stereocenters. The lowest BCUT2D eigenvalue weighted by Crippen LogP contribution is -2.86. The minimum atomic E-state index is -4.41. The zero-order valence-electron chi connectivity index (χ0n) is 17.6. The van der Waals surface area contributed by atoms with Crippen LogP contribution in [0.5, 0.6) is 0 Å².